The van der Waals surface area contributed by atoms with Gasteiger partial charge in [-0.2, -0.15) is 0 Å². The van der Waals surface area contributed by atoms with Crippen molar-refractivity contribution < 1.29 is 18.7 Å². The number of fused-ring (bicyclic) bond motifs is 1. The summed E-state index contributed by atoms with van der Waals surface area (Å²) in [6.45, 7) is 1.36. The molecule has 1 amide bonds. The van der Waals surface area contributed by atoms with Crippen LogP contribution in [-0.2, 0) is 4.79 Å². The molecule has 1 aliphatic rings. The first-order chi connectivity index (χ1) is 12.0. The summed E-state index contributed by atoms with van der Waals surface area (Å²) in [5, 5.41) is 2.90. The standard InChI is InChI=1S/C19H18FNO3S/c1-12(22)13-5-7-14(8-6-13)24-11-18(23)21-17-9-10-25-19-15(17)3-2-4-16(19)20/h2-8,17H,9-11H2,1H3,(H,21,23)/t17-/m1/s1. The fourth-order valence-electron chi connectivity index (χ4n) is 2.71. The summed E-state index contributed by atoms with van der Waals surface area (Å²) in [6, 6.07) is 11.4. The summed E-state index contributed by atoms with van der Waals surface area (Å²) in [4.78, 5) is 24.0. The van der Waals surface area contributed by atoms with E-state index < -0.39 is 0 Å². The molecule has 0 spiro atoms. The maximum Gasteiger partial charge on any atom is 0.258 e. The van der Waals surface area contributed by atoms with E-state index in [0.29, 0.717) is 16.2 Å². The number of hydrogen-bond acceptors (Lipinski definition) is 4. The average molecular weight is 359 g/mol. The van der Waals surface area contributed by atoms with E-state index in [2.05, 4.69) is 5.32 Å². The van der Waals surface area contributed by atoms with Gasteiger partial charge in [-0.3, -0.25) is 9.59 Å². The van der Waals surface area contributed by atoms with Crippen molar-refractivity contribution in [1.82, 2.24) is 5.32 Å². The number of nitrogens with one attached hydrogen (secondary N) is 1. The van der Waals surface area contributed by atoms with Crippen LogP contribution in [-0.4, -0.2) is 24.1 Å². The first-order valence-corrected chi connectivity index (χ1v) is 8.97. The fourth-order valence-corrected chi connectivity index (χ4v) is 3.85. The smallest absolute Gasteiger partial charge is 0.258 e. The minimum absolute atomic E-state index is 0.0228. The van der Waals surface area contributed by atoms with E-state index in [4.69, 9.17) is 4.74 Å². The summed E-state index contributed by atoms with van der Waals surface area (Å²) in [6.07, 6.45) is 0.750. The van der Waals surface area contributed by atoms with Gasteiger partial charge in [-0.25, -0.2) is 4.39 Å². The molecule has 0 saturated heterocycles. The number of benzene rings is 2. The fraction of sp³-hybridized carbons (Fsp3) is 0.263. The van der Waals surface area contributed by atoms with Crippen LogP contribution in [0.1, 0.15) is 35.3 Å². The van der Waals surface area contributed by atoms with Crippen LogP contribution in [0.3, 0.4) is 0 Å². The molecule has 1 aliphatic heterocycles. The first kappa shape index (κ1) is 17.5. The second-order valence-corrected chi connectivity index (χ2v) is 6.89. The largest absolute Gasteiger partial charge is 0.484 e. The molecule has 0 bridgehead atoms. The Morgan fingerprint density at radius 2 is 2.00 bits per heavy atom. The second kappa shape index (κ2) is 7.70. The zero-order chi connectivity index (χ0) is 17.8. The SMILES string of the molecule is CC(=O)c1ccc(OCC(=O)N[C@@H]2CCSc3c(F)cccc32)cc1. The van der Waals surface area contributed by atoms with E-state index in [9.17, 15) is 14.0 Å². The third kappa shape index (κ3) is 4.20. The van der Waals surface area contributed by atoms with Gasteiger partial charge in [0.2, 0.25) is 0 Å². The lowest BCUT2D eigenvalue weighted by molar-refractivity contribution is -0.123. The third-order valence-electron chi connectivity index (χ3n) is 3.99. The lowest BCUT2D eigenvalue weighted by atomic mass is 10.0. The number of carbonyl (C=O) groups is 2. The molecule has 3 rings (SSSR count). The van der Waals surface area contributed by atoms with E-state index in [1.165, 1.54) is 24.8 Å². The zero-order valence-electron chi connectivity index (χ0n) is 13.8. The number of rotatable bonds is 5. The van der Waals surface area contributed by atoms with Crippen LogP contribution in [0.15, 0.2) is 47.4 Å². The number of ketones is 1. The van der Waals surface area contributed by atoms with Gasteiger partial charge in [0.05, 0.1) is 6.04 Å². The molecule has 0 radical (unpaired) electrons. The van der Waals surface area contributed by atoms with Crippen molar-refractivity contribution in [3.05, 3.63) is 59.4 Å². The summed E-state index contributed by atoms with van der Waals surface area (Å²) in [5.41, 5.74) is 1.41. The van der Waals surface area contributed by atoms with Gasteiger partial charge in [0.15, 0.2) is 12.4 Å². The Balaban J connectivity index is 1.59. The second-order valence-electron chi connectivity index (χ2n) is 5.78. The van der Waals surface area contributed by atoms with Crippen molar-refractivity contribution in [2.75, 3.05) is 12.4 Å². The number of Topliss-reactive ketones (excluding diaryl/α,β-unsaturated/α-hetero) is 1. The Morgan fingerprint density at radius 3 is 2.72 bits per heavy atom. The molecular formula is C19H18FNO3S. The number of halogens is 1. The minimum Gasteiger partial charge on any atom is -0.484 e. The van der Waals surface area contributed by atoms with Crippen LogP contribution in [0.4, 0.5) is 4.39 Å². The number of thioether (sulfide) groups is 1. The van der Waals surface area contributed by atoms with E-state index in [0.717, 1.165) is 17.7 Å². The molecule has 0 fully saturated rings. The number of hydrogen-bond donors (Lipinski definition) is 1. The van der Waals surface area contributed by atoms with Crippen LogP contribution < -0.4 is 10.1 Å². The highest BCUT2D eigenvalue weighted by Gasteiger charge is 2.24. The van der Waals surface area contributed by atoms with E-state index in [1.54, 1.807) is 30.3 Å². The molecule has 25 heavy (non-hydrogen) atoms. The molecule has 6 heteroatoms. The number of amides is 1. The minimum atomic E-state index is -0.261. The molecule has 1 atom stereocenters. The van der Waals surface area contributed by atoms with Crippen molar-refractivity contribution in [1.29, 1.82) is 0 Å². The maximum absolute atomic E-state index is 13.9. The highest BCUT2D eigenvalue weighted by Crippen LogP contribution is 2.37. The highest BCUT2D eigenvalue weighted by molar-refractivity contribution is 7.99. The Labute approximate surface area is 149 Å². The molecule has 0 aromatic heterocycles. The summed E-state index contributed by atoms with van der Waals surface area (Å²) >= 11 is 1.47. The highest BCUT2D eigenvalue weighted by atomic mass is 32.2. The predicted octanol–water partition coefficient (Wildman–Crippen LogP) is 3.76. The van der Waals surface area contributed by atoms with E-state index >= 15 is 0 Å². The number of ether oxygens (including phenoxy) is 1. The normalized spacial score (nSPS) is 16.0. The quantitative estimate of drug-likeness (QED) is 0.826. The van der Waals surface area contributed by atoms with Gasteiger partial charge in [-0.05, 0) is 49.2 Å². The molecule has 1 heterocycles. The zero-order valence-corrected chi connectivity index (χ0v) is 14.6. The van der Waals surface area contributed by atoms with Crippen molar-refractivity contribution >= 4 is 23.5 Å². The Bertz CT molecular complexity index is 792. The van der Waals surface area contributed by atoms with Crippen molar-refractivity contribution in [3.63, 3.8) is 0 Å². The third-order valence-corrected chi connectivity index (χ3v) is 5.15. The predicted molar refractivity (Wildman–Crippen MR) is 94.6 cm³/mol. The van der Waals surface area contributed by atoms with Crippen LogP contribution >= 0.6 is 11.8 Å². The molecule has 130 valence electrons. The lowest BCUT2D eigenvalue weighted by Crippen LogP contribution is -2.34. The molecule has 2 aromatic carbocycles. The van der Waals surface area contributed by atoms with Crippen LogP contribution in [0.5, 0.6) is 5.75 Å². The van der Waals surface area contributed by atoms with Gasteiger partial charge in [-0.15, -0.1) is 11.8 Å². The average Bonchev–Trinajstić information content (AvgIpc) is 2.61. The first-order valence-electron chi connectivity index (χ1n) is 7.99. The molecule has 0 saturated carbocycles. The van der Waals surface area contributed by atoms with E-state index in [1.807, 2.05) is 6.07 Å². The topological polar surface area (TPSA) is 55.4 Å². The number of carbonyl (C=O) groups excluding carboxylic acids is 2. The molecule has 1 N–H and O–H groups in total. The monoisotopic (exact) mass is 359 g/mol. The Morgan fingerprint density at radius 1 is 1.24 bits per heavy atom. The molecule has 2 aromatic rings. The van der Waals surface area contributed by atoms with Gasteiger partial charge in [0.1, 0.15) is 11.6 Å². The molecular weight excluding hydrogens is 341 g/mol. The maximum atomic E-state index is 13.9. The Kier molecular flexibility index (Phi) is 5.38. The van der Waals surface area contributed by atoms with Crippen molar-refractivity contribution in [3.8, 4) is 5.75 Å². The van der Waals surface area contributed by atoms with Crippen molar-refractivity contribution in [2.24, 2.45) is 0 Å². The van der Waals surface area contributed by atoms with Gasteiger partial charge >= 0.3 is 0 Å². The Hall–Kier alpha value is -2.34. The summed E-state index contributed by atoms with van der Waals surface area (Å²) in [7, 11) is 0. The summed E-state index contributed by atoms with van der Waals surface area (Å²) in [5.74, 6) is 0.744. The van der Waals surface area contributed by atoms with Crippen molar-refractivity contribution in [2.45, 2.75) is 24.3 Å². The van der Waals surface area contributed by atoms with Gasteiger partial charge in [0.25, 0.3) is 5.91 Å². The van der Waals surface area contributed by atoms with Crippen LogP contribution in [0.25, 0.3) is 0 Å². The lowest BCUT2D eigenvalue weighted by Gasteiger charge is -2.26. The molecule has 4 nitrogen and oxygen atoms in total. The molecule has 0 aliphatic carbocycles. The summed E-state index contributed by atoms with van der Waals surface area (Å²) < 4.78 is 19.3. The van der Waals surface area contributed by atoms with Crippen LogP contribution in [0.2, 0.25) is 0 Å². The van der Waals surface area contributed by atoms with E-state index in [-0.39, 0.29) is 30.2 Å². The molecule has 0 unspecified atom stereocenters. The van der Waals surface area contributed by atoms with Gasteiger partial charge in [-0.1, -0.05) is 12.1 Å². The van der Waals surface area contributed by atoms with Crippen LogP contribution in [0, 0.1) is 5.82 Å². The van der Waals surface area contributed by atoms with Gasteiger partial charge < -0.3 is 10.1 Å². The van der Waals surface area contributed by atoms with Gasteiger partial charge in [0, 0.05) is 16.2 Å².